The van der Waals surface area contributed by atoms with Gasteiger partial charge in [-0.15, -0.1) is 0 Å². The predicted molar refractivity (Wildman–Crippen MR) is 144 cm³/mol. The predicted octanol–water partition coefficient (Wildman–Crippen LogP) is -0.758. The normalized spacial score (nSPS) is 14.8. The van der Waals surface area contributed by atoms with Crippen LogP contribution in [-0.4, -0.2) is 70.5 Å². The Balaban J connectivity index is 3.17. The molecule has 0 heterocycles. The number of amides is 4. The number of primary amides is 1. The van der Waals surface area contributed by atoms with Crippen LogP contribution in [0.4, 0.5) is 0 Å². The fraction of sp³-hybridized carbons (Fsp3) is 0.577. The largest absolute Gasteiger partial charge is 0.508 e. The third-order valence-electron chi connectivity index (χ3n) is 6.44. The quantitative estimate of drug-likeness (QED) is 0.107. The Bertz CT molecular complexity index is 972. The van der Waals surface area contributed by atoms with E-state index >= 15 is 0 Å². The second-order valence-corrected chi connectivity index (χ2v) is 9.59. The molecule has 0 saturated heterocycles. The smallest absolute Gasteiger partial charge is 0.326 e. The van der Waals surface area contributed by atoms with Gasteiger partial charge in [0.15, 0.2) is 0 Å². The van der Waals surface area contributed by atoms with E-state index in [1.807, 2.05) is 13.8 Å². The molecule has 0 radical (unpaired) electrons. The molecular formula is C26H42N6O7. The summed E-state index contributed by atoms with van der Waals surface area (Å²) in [6.07, 6.45) is 1.49. The Labute approximate surface area is 228 Å². The van der Waals surface area contributed by atoms with Crippen LogP contribution in [0.1, 0.15) is 57.9 Å². The van der Waals surface area contributed by atoms with E-state index in [-0.39, 0.29) is 37.4 Å². The minimum atomic E-state index is -1.42. The molecule has 39 heavy (non-hydrogen) atoms. The summed E-state index contributed by atoms with van der Waals surface area (Å²) in [4.78, 5) is 62.0. The zero-order valence-electron chi connectivity index (χ0n) is 22.5. The lowest BCUT2D eigenvalue weighted by atomic mass is 9.98. The van der Waals surface area contributed by atoms with Gasteiger partial charge in [0.1, 0.15) is 23.9 Å². The van der Waals surface area contributed by atoms with Crippen molar-refractivity contribution >= 4 is 29.6 Å². The molecule has 1 aromatic carbocycles. The lowest BCUT2D eigenvalue weighted by Gasteiger charge is -2.26. The lowest BCUT2D eigenvalue weighted by molar-refractivity contribution is -0.142. The van der Waals surface area contributed by atoms with Gasteiger partial charge in [-0.1, -0.05) is 32.4 Å². The van der Waals surface area contributed by atoms with Gasteiger partial charge in [-0.25, -0.2) is 4.79 Å². The zero-order valence-corrected chi connectivity index (χ0v) is 22.5. The van der Waals surface area contributed by atoms with E-state index in [2.05, 4.69) is 16.0 Å². The fourth-order valence-corrected chi connectivity index (χ4v) is 3.71. The third kappa shape index (κ3) is 12.1. The van der Waals surface area contributed by atoms with Crippen molar-refractivity contribution in [2.45, 2.75) is 83.0 Å². The molecule has 0 spiro atoms. The summed E-state index contributed by atoms with van der Waals surface area (Å²) >= 11 is 0. The Kier molecular flexibility index (Phi) is 14.5. The van der Waals surface area contributed by atoms with E-state index in [1.165, 1.54) is 12.1 Å². The third-order valence-corrected chi connectivity index (χ3v) is 6.44. The summed E-state index contributed by atoms with van der Waals surface area (Å²) in [5, 5.41) is 26.7. The van der Waals surface area contributed by atoms with Crippen LogP contribution in [0, 0.1) is 5.92 Å². The van der Waals surface area contributed by atoms with Gasteiger partial charge in [-0.3, -0.25) is 19.2 Å². The maximum atomic E-state index is 13.3. The Morgan fingerprint density at radius 1 is 0.872 bits per heavy atom. The van der Waals surface area contributed by atoms with Crippen molar-refractivity contribution in [2.24, 2.45) is 23.1 Å². The molecule has 0 aromatic heterocycles. The molecule has 218 valence electrons. The molecule has 4 amide bonds. The number of rotatable bonds is 18. The first-order valence-electron chi connectivity index (χ1n) is 13.0. The van der Waals surface area contributed by atoms with Crippen molar-refractivity contribution in [1.29, 1.82) is 0 Å². The van der Waals surface area contributed by atoms with Crippen LogP contribution in [0.2, 0.25) is 0 Å². The van der Waals surface area contributed by atoms with Crippen LogP contribution < -0.4 is 33.2 Å². The summed E-state index contributed by atoms with van der Waals surface area (Å²) in [5.41, 5.74) is 17.3. The molecule has 0 aliphatic carbocycles. The fourth-order valence-electron chi connectivity index (χ4n) is 3.71. The van der Waals surface area contributed by atoms with E-state index < -0.39 is 53.8 Å². The molecule has 0 bridgehead atoms. The SMILES string of the molecule is CCC(C)C(N)C(=O)NC(CCCCN)C(=O)NC(Cc1ccc(O)cc1)C(=O)NC(CCC(N)=O)C(=O)O. The number of hydrogen-bond acceptors (Lipinski definition) is 8. The number of benzene rings is 1. The number of carboxylic acid groups (broad SMARTS) is 1. The highest BCUT2D eigenvalue weighted by atomic mass is 16.4. The molecule has 1 aromatic rings. The first kappa shape index (κ1) is 33.3. The molecule has 13 nitrogen and oxygen atoms in total. The number of hydrogen-bond donors (Lipinski definition) is 8. The van der Waals surface area contributed by atoms with Crippen LogP contribution in [0.5, 0.6) is 5.75 Å². The highest BCUT2D eigenvalue weighted by Crippen LogP contribution is 2.13. The molecule has 11 N–H and O–H groups in total. The average Bonchev–Trinajstić information content (AvgIpc) is 2.89. The van der Waals surface area contributed by atoms with Crippen molar-refractivity contribution in [3.63, 3.8) is 0 Å². The Morgan fingerprint density at radius 3 is 1.97 bits per heavy atom. The van der Waals surface area contributed by atoms with Crippen LogP contribution in [0.25, 0.3) is 0 Å². The summed E-state index contributed by atoms with van der Waals surface area (Å²) in [6, 6.07) is 1.41. The van der Waals surface area contributed by atoms with Gasteiger partial charge in [0, 0.05) is 12.8 Å². The molecular weight excluding hydrogens is 508 g/mol. The summed E-state index contributed by atoms with van der Waals surface area (Å²) in [5.74, 6) is -4.19. The number of nitrogens with one attached hydrogen (secondary N) is 3. The first-order valence-corrected chi connectivity index (χ1v) is 13.0. The summed E-state index contributed by atoms with van der Waals surface area (Å²) < 4.78 is 0. The molecule has 0 fully saturated rings. The van der Waals surface area contributed by atoms with E-state index in [1.54, 1.807) is 12.1 Å². The van der Waals surface area contributed by atoms with E-state index in [4.69, 9.17) is 17.2 Å². The number of unbranched alkanes of at least 4 members (excludes halogenated alkanes) is 1. The molecule has 0 saturated carbocycles. The van der Waals surface area contributed by atoms with Crippen LogP contribution >= 0.6 is 0 Å². The average molecular weight is 551 g/mol. The van der Waals surface area contributed by atoms with E-state index in [0.29, 0.717) is 31.4 Å². The number of aliphatic carboxylic acids is 1. The van der Waals surface area contributed by atoms with E-state index in [9.17, 15) is 34.2 Å². The van der Waals surface area contributed by atoms with Gasteiger partial charge in [-0.05, 0) is 55.8 Å². The number of carboxylic acids is 1. The van der Waals surface area contributed by atoms with Crippen LogP contribution in [0.15, 0.2) is 24.3 Å². The minimum Gasteiger partial charge on any atom is -0.508 e. The number of carbonyl (C=O) groups is 5. The van der Waals surface area contributed by atoms with Gasteiger partial charge in [0.25, 0.3) is 0 Å². The van der Waals surface area contributed by atoms with Crippen molar-refractivity contribution in [3.8, 4) is 5.75 Å². The monoisotopic (exact) mass is 550 g/mol. The van der Waals surface area contributed by atoms with Gasteiger partial charge in [-0.2, -0.15) is 0 Å². The molecule has 0 aliphatic rings. The second kappa shape index (κ2) is 17.0. The van der Waals surface area contributed by atoms with Crippen molar-refractivity contribution in [2.75, 3.05) is 6.54 Å². The van der Waals surface area contributed by atoms with Crippen molar-refractivity contribution in [3.05, 3.63) is 29.8 Å². The van der Waals surface area contributed by atoms with Crippen LogP contribution in [0.3, 0.4) is 0 Å². The van der Waals surface area contributed by atoms with Crippen molar-refractivity contribution < 1.29 is 34.2 Å². The van der Waals surface area contributed by atoms with Gasteiger partial charge < -0.3 is 43.4 Å². The number of carbonyl (C=O) groups excluding carboxylic acids is 4. The van der Waals surface area contributed by atoms with Gasteiger partial charge in [0.05, 0.1) is 6.04 Å². The minimum absolute atomic E-state index is 0.00139. The van der Waals surface area contributed by atoms with E-state index in [0.717, 1.165) is 0 Å². The molecule has 0 aliphatic heterocycles. The maximum absolute atomic E-state index is 13.3. The first-order chi connectivity index (χ1) is 18.4. The molecule has 13 heteroatoms. The molecule has 5 atom stereocenters. The number of phenols is 1. The number of aromatic hydroxyl groups is 1. The van der Waals surface area contributed by atoms with Crippen LogP contribution in [-0.2, 0) is 30.4 Å². The van der Waals surface area contributed by atoms with Gasteiger partial charge in [0.2, 0.25) is 23.6 Å². The summed E-state index contributed by atoms with van der Waals surface area (Å²) in [7, 11) is 0. The molecule has 5 unspecified atom stereocenters. The maximum Gasteiger partial charge on any atom is 0.326 e. The standard InChI is InChI=1S/C26H42N6O7/c1-3-15(2)22(29)25(37)30-18(6-4-5-13-27)23(35)32-20(14-16-7-9-17(33)10-8-16)24(36)31-19(26(38)39)11-12-21(28)34/h7-10,15,18-20,22,33H,3-6,11-14,27,29H2,1-2H3,(H2,28,34)(H,30,37)(H,31,36)(H,32,35)(H,38,39). The lowest BCUT2D eigenvalue weighted by Crippen LogP contribution is -2.58. The number of nitrogens with two attached hydrogens (primary N) is 3. The Hall–Kier alpha value is -3.71. The second-order valence-electron chi connectivity index (χ2n) is 9.59. The topological polar surface area (TPSA) is 240 Å². The highest BCUT2D eigenvalue weighted by Gasteiger charge is 2.31. The van der Waals surface area contributed by atoms with Crippen molar-refractivity contribution in [1.82, 2.24) is 16.0 Å². The van der Waals surface area contributed by atoms with Gasteiger partial charge >= 0.3 is 5.97 Å². The Morgan fingerprint density at radius 2 is 1.44 bits per heavy atom. The highest BCUT2D eigenvalue weighted by molar-refractivity contribution is 5.94. The zero-order chi connectivity index (χ0) is 29.5. The number of phenolic OH excluding ortho intramolecular Hbond substituents is 1. The summed E-state index contributed by atoms with van der Waals surface area (Å²) in [6.45, 7) is 4.11. The molecule has 1 rings (SSSR count).